The Balaban J connectivity index is 1.79. The Morgan fingerprint density at radius 3 is 2.33 bits per heavy atom. The normalized spacial score (nSPS) is 18.2. The number of rotatable bonds is 7. The number of aryl methyl sites for hydroxylation is 2. The molecular weight excluding hydrogens is 434 g/mol. The van der Waals surface area contributed by atoms with E-state index in [4.69, 9.17) is 4.99 Å². The highest BCUT2D eigenvalue weighted by Crippen LogP contribution is 2.35. The van der Waals surface area contributed by atoms with Crippen LogP contribution in [0.25, 0.3) is 0 Å². The number of benzene rings is 2. The summed E-state index contributed by atoms with van der Waals surface area (Å²) < 4.78 is 0. The molecule has 6 nitrogen and oxygen atoms in total. The fourth-order valence-corrected chi connectivity index (χ4v) is 4.79. The molecule has 0 bridgehead atoms. The first-order chi connectivity index (χ1) is 15.6. The molecule has 0 unspecified atom stereocenters. The van der Waals surface area contributed by atoms with Gasteiger partial charge in [-0.2, -0.15) is 0 Å². The molecule has 0 radical (unpaired) electrons. The highest BCUT2D eigenvalue weighted by molar-refractivity contribution is 8.15. The van der Waals surface area contributed by atoms with Crippen LogP contribution in [0.2, 0.25) is 0 Å². The molecule has 1 N–H and O–H groups in total. The molecule has 2 amide bonds. The highest BCUT2D eigenvalue weighted by Gasteiger charge is 2.42. The van der Waals surface area contributed by atoms with Crippen LogP contribution >= 0.6 is 11.8 Å². The third-order valence-corrected chi connectivity index (χ3v) is 7.00. The van der Waals surface area contributed by atoms with Crippen molar-refractivity contribution in [1.29, 1.82) is 0 Å². The molecule has 1 heterocycles. The topological polar surface area (TPSA) is 78.8 Å². The number of anilines is 1. The van der Waals surface area contributed by atoms with Crippen LogP contribution in [0.15, 0.2) is 47.5 Å². The lowest BCUT2D eigenvalue weighted by Crippen LogP contribution is -2.42. The van der Waals surface area contributed by atoms with Crippen LogP contribution in [0.5, 0.6) is 0 Å². The zero-order valence-electron chi connectivity index (χ0n) is 20.0. The second kappa shape index (κ2) is 10.3. The molecule has 0 aromatic heterocycles. The Bertz CT molecular complexity index is 1090. The molecule has 0 aliphatic carbocycles. The van der Waals surface area contributed by atoms with Crippen molar-refractivity contribution < 1.29 is 14.4 Å². The number of carbonyl (C=O) groups excluding carboxylic acids is 3. The standard InChI is InChI=1S/C26H31N3O3S/c1-15(2)18(5)29-25(32)23(33-26(29)28-22-12-7-16(3)13-17(22)4)14-24(31)27-21-10-8-20(9-11-21)19(6)30/h7-13,15,18,23H,14H2,1-6H3,(H,27,31)/t18-,23-/m1/s1. The number of hydrogen-bond acceptors (Lipinski definition) is 5. The van der Waals surface area contributed by atoms with Crippen molar-refractivity contribution in [3.63, 3.8) is 0 Å². The van der Waals surface area contributed by atoms with E-state index in [1.807, 2.05) is 32.9 Å². The number of hydrogen-bond donors (Lipinski definition) is 1. The fourth-order valence-electron chi connectivity index (χ4n) is 3.57. The summed E-state index contributed by atoms with van der Waals surface area (Å²) in [6.45, 7) is 11.7. The molecule has 1 saturated heterocycles. The van der Waals surface area contributed by atoms with E-state index in [1.54, 1.807) is 29.2 Å². The number of amides is 2. The quantitative estimate of drug-likeness (QED) is 0.547. The molecule has 1 aliphatic heterocycles. The molecule has 1 aliphatic rings. The maximum atomic E-state index is 13.3. The van der Waals surface area contributed by atoms with Crippen LogP contribution in [0.4, 0.5) is 11.4 Å². The maximum absolute atomic E-state index is 13.3. The van der Waals surface area contributed by atoms with E-state index < -0.39 is 5.25 Å². The molecule has 3 rings (SSSR count). The van der Waals surface area contributed by atoms with Crippen molar-refractivity contribution >= 4 is 45.9 Å². The van der Waals surface area contributed by atoms with E-state index in [0.29, 0.717) is 16.4 Å². The summed E-state index contributed by atoms with van der Waals surface area (Å²) in [4.78, 5) is 44.0. The van der Waals surface area contributed by atoms with Crippen LogP contribution in [-0.2, 0) is 9.59 Å². The summed E-state index contributed by atoms with van der Waals surface area (Å²) >= 11 is 1.35. The van der Waals surface area contributed by atoms with Crippen LogP contribution in [0.1, 0.15) is 55.6 Å². The van der Waals surface area contributed by atoms with E-state index >= 15 is 0 Å². The Hall–Kier alpha value is -2.93. The minimum atomic E-state index is -0.535. The maximum Gasteiger partial charge on any atom is 0.242 e. The second-order valence-corrected chi connectivity index (χ2v) is 10.0. The third-order valence-electron chi connectivity index (χ3n) is 5.85. The lowest BCUT2D eigenvalue weighted by atomic mass is 10.0. The third kappa shape index (κ3) is 5.90. The highest BCUT2D eigenvalue weighted by atomic mass is 32.2. The lowest BCUT2D eigenvalue weighted by Gasteiger charge is -2.27. The van der Waals surface area contributed by atoms with Gasteiger partial charge in [-0.25, -0.2) is 4.99 Å². The number of Topliss-reactive ketones (excluding diaryl/α,β-unsaturated/α-hetero) is 1. The molecule has 174 valence electrons. The summed E-state index contributed by atoms with van der Waals surface area (Å²) in [7, 11) is 0. The molecule has 33 heavy (non-hydrogen) atoms. The fraction of sp³-hybridized carbons (Fsp3) is 0.385. The van der Waals surface area contributed by atoms with Crippen LogP contribution in [-0.4, -0.2) is 39.0 Å². The Labute approximate surface area is 199 Å². The number of thioether (sulfide) groups is 1. The van der Waals surface area contributed by atoms with Crippen LogP contribution in [0, 0.1) is 19.8 Å². The van der Waals surface area contributed by atoms with Gasteiger partial charge < -0.3 is 5.32 Å². The van der Waals surface area contributed by atoms with Crippen molar-refractivity contribution in [1.82, 2.24) is 4.90 Å². The van der Waals surface area contributed by atoms with Gasteiger partial charge in [0.25, 0.3) is 0 Å². The predicted octanol–water partition coefficient (Wildman–Crippen LogP) is 5.51. The molecule has 1 fully saturated rings. The van der Waals surface area contributed by atoms with E-state index in [2.05, 4.69) is 25.2 Å². The summed E-state index contributed by atoms with van der Waals surface area (Å²) in [6, 6.07) is 12.7. The van der Waals surface area contributed by atoms with Crippen LogP contribution < -0.4 is 5.32 Å². The first kappa shape index (κ1) is 24.7. The number of carbonyl (C=O) groups is 3. The minimum Gasteiger partial charge on any atom is -0.326 e. The van der Waals surface area contributed by atoms with E-state index in [0.717, 1.165) is 16.8 Å². The Kier molecular flexibility index (Phi) is 7.74. The summed E-state index contributed by atoms with van der Waals surface area (Å²) in [5.74, 6) is -0.129. The van der Waals surface area contributed by atoms with Gasteiger partial charge >= 0.3 is 0 Å². The molecule has 2 aromatic carbocycles. The van der Waals surface area contributed by atoms with Crippen molar-refractivity contribution in [2.75, 3.05) is 5.32 Å². The average Bonchev–Trinajstić information content (AvgIpc) is 3.04. The van der Waals surface area contributed by atoms with Gasteiger partial charge in [0.15, 0.2) is 11.0 Å². The zero-order valence-corrected chi connectivity index (χ0v) is 20.8. The number of amidine groups is 1. The van der Waals surface area contributed by atoms with Gasteiger partial charge in [-0.15, -0.1) is 0 Å². The smallest absolute Gasteiger partial charge is 0.242 e. The SMILES string of the molecule is CC(=O)c1ccc(NC(=O)C[C@H]2SC(=Nc3ccc(C)cc3C)N([C@H](C)C(C)C)C2=O)cc1. The van der Waals surface area contributed by atoms with E-state index in [-0.39, 0.29) is 36.0 Å². The monoisotopic (exact) mass is 465 g/mol. The van der Waals surface area contributed by atoms with Gasteiger partial charge in [0.1, 0.15) is 5.25 Å². The van der Waals surface area contributed by atoms with Crippen molar-refractivity contribution in [3.05, 3.63) is 59.2 Å². The van der Waals surface area contributed by atoms with E-state index in [1.165, 1.54) is 18.7 Å². The van der Waals surface area contributed by atoms with Crippen molar-refractivity contribution in [2.24, 2.45) is 10.9 Å². The number of ketones is 1. The molecular formula is C26H31N3O3S. The largest absolute Gasteiger partial charge is 0.326 e. The summed E-state index contributed by atoms with van der Waals surface area (Å²) in [6.07, 6.45) is 0.0468. The number of nitrogens with one attached hydrogen (secondary N) is 1. The van der Waals surface area contributed by atoms with Gasteiger partial charge in [-0.05, 0) is 69.5 Å². The molecule has 2 aromatic rings. The van der Waals surface area contributed by atoms with Crippen molar-refractivity contribution in [2.45, 2.75) is 59.3 Å². The Morgan fingerprint density at radius 1 is 1.09 bits per heavy atom. The molecule has 0 spiro atoms. The Morgan fingerprint density at radius 2 is 1.76 bits per heavy atom. The second-order valence-electron chi connectivity index (χ2n) is 8.87. The van der Waals surface area contributed by atoms with E-state index in [9.17, 15) is 14.4 Å². The minimum absolute atomic E-state index is 0.0316. The number of nitrogens with zero attached hydrogens (tertiary/aromatic N) is 2. The van der Waals surface area contributed by atoms with Gasteiger partial charge in [0.2, 0.25) is 11.8 Å². The van der Waals surface area contributed by atoms with Gasteiger partial charge in [-0.3, -0.25) is 19.3 Å². The summed E-state index contributed by atoms with van der Waals surface area (Å²) in [5.41, 5.74) is 4.21. The average molecular weight is 466 g/mol. The van der Waals surface area contributed by atoms with Gasteiger partial charge in [0, 0.05) is 23.7 Å². The number of aliphatic imine (C=N–C) groups is 1. The summed E-state index contributed by atoms with van der Waals surface area (Å²) in [5, 5.41) is 2.93. The van der Waals surface area contributed by atoms with Crippen LogP contribution in [0.3, 0.4) is 0 Å². The van der Waals surface area contributed by atoms with Gasteiger partial charge in [-0.1, -0.05) is 43.3 Å². The van der Waals surface area contributed by atoms with Gasteiger partial charge in [0.05, 0.1) is 5.69 Å². The lowest BCUT2D eigenvalue weighted by molar-refractivity contribution is -0.129. The van der Waals surface area contributed by atoms with Crippen molar-refractivity contribution in [3.8, 4) is 0 Å². The first-order valence-electron chi connectivity index (χ1n) is 11.1. The predicted molar refractivity (Wildman–Crippen MR) is 135 cm³/mol. The first-order valence-corrected chi connectivity index (χ1v) is 12.0. The molecule has 2 atom stereocenters. The molecule has 7 heteroatoms. The molecule has 0 saturated carbocycles. The zero-order chi connectivity index (χ0) is 24.3.